The summed E-state index contributed by atoms with van der Waals surface area (Å²) >= 11 is 1.45. The Kier molecular flexibility index (Phi) is 9.80. The van der Waals surface area contributed by atoms with Crippen LogP contribution in [-0.4, -0.2) is 89.4 Å². The topological polar surface area (TPSA) is 136 Å². The molecule has 3 aliphatic heterocycles. The van der Waals surface area contributed by atoms with E-state index in [0.29, 0.717) is 25.3 Å². The third-order valence-electron chi connectivity index (χ3n) is 8.16. The molecular weight excluding hydrogens is 574 g/mol. The Labute approximate surface area is 255 Å². The van der Waals surface area contributed by atoms with Crippen LogP contribution >= 0.6 is 11.8 Å². The van der Waals surface area contributed by atoms with Crippen LogP contribution in [0.3, 0.4) is 0 Å². The summed E-state index contributed by atoms with van der Waals surface area (Å²) in [5, 5.41) is 17.1. The van der Waals surface area contributed by atoms with Gasteiger partial charge in [0.1, 0.15) is 17.9 Å². The number of benzene rings is 2. The van der Waals surface area contributed by atoms with Gasteiger partial charge in [-0.2, -0.15) is 0 Å². The Morgan fingerprint density at radius 1 is 1.12 bits per heavy atom. The number of rotatable bonds is 10. The number of hydrogen-bond acceptors (Lipinski definition) is 9. The van der Waals surface area contributed by atoms with Crippen molar-refractivity contribution in [2.24, 2.45) is 5.92 Å². The molecule has 0 radical (unpaired) electrons. The first-order valence-electron chi connectivity index (χ1n) is 14.4. The third kappa shape index (κ3) is 7.26. The minimum Gasteiger partial charge on any atom is -0.497 e. The normalized spacial score (nSPS) is 25.4. The van der Waals surface area contributed by atoms with Gasteiger partial charge in [0, 0.05) is 11.3 Å². The molecule has 0 saturated carbocycles. The number of nitrogens with one attached hydrogen (secondary N) is 2. The number of aliphatic hydroxyl groups excluding tert-OH is 1. The second-order valence-corrected chi connectivity index (χ2v) is 13.1. The predicted octanol–water partition coefficient (Wildman–Crippen LogP) is 2.45. The lowest BCUT2D eigenvalue weighted by Crippen LogP contribution is -2.58. The maximum absolute atomic E-state index is 13.9. The van der Waals surface area contributed by atoms with E-state index in [1.165, 1.54) is 16.7 Å². The predicted molar refractivity (Wildman–Crippen MR) is 159 cm³/mol. The summed E-state index contributed by atoms with van der Waals surface area (Å²) in [6.45, 7) is 4.86. The minimum atomic E-state index is -1.65. The van der Waals surface area contributed by atoms with Gasteiger partial charge in [-0.15, -0.1) is 11.8 Å². The third-order valence-corrected chi connectivity index (χ3v) is 9.53. The number of amides is 3. The van der Waals surface area contributed by atoms with E-state index in [-0.39, 0.29) is 30.7 Å². The highest BCUT2D eigenvalue weighted by Gasteiger charge is 2.50. The summed E-state index contributed by atoms with van der Waals surface area (Å²) in [6, 6.07) is 14.8. The van der Waals surface area contributed by atoms with Crippen molar-refractivity contribution in [3.63, 3.8) is 0 Å². The van der Waals surface area contributed by atoms with Crippen LogP contribution in [0.25, 0.3) is 0 Å². The van der Waals surface area contributed by atoms with Crippen LogP contribution in [-0.2, 0) is 36.8 Å². The van der Waals surface area contributed by atoms with Crippen molar-refractivity contribution in [3.8, 4) is 5.75 Å². The Bertz CT molecular complexity index is 1290. The second kappa shape index (κ2) is 13.5. The number of thioether (sulfide) groups is 1. The Balaban J connectivity index is 1.31. The molecular formula is C31H39N3O8S. The maximum Gasteiger partial charge on any atom is 0.407 e. The van der Waals surface area contributed by atoms with Gasteiger partial charge in [-0.1, -0.05) is 42.5 Å². The molecule has 0 aliphatic carbocycles. The van der Waals surface area contributed by atoms with E-state index < -0.39 is 47.3 Å². The zero-order valence-electron chi connectivity index (χ0n) is 24.6. The number of fused-ring (bicyclic) bond motifs is 1. The molecule has 11 nitrogen and oxygen atoms in total. The lowest BCUT2D eigenvalue weighted by atomic mass is 9.97. The van der Waals surface area contributed by atoms with Gasteiger partial charge < -0.3 is 39.6 Å². The summed E-state index contributed by atoms with van der Waals surface area (Å²) in [5.74, 6) is -0.216. The van der Waals surface area contributed by atoms with Crippen molar-refractivity contribution >= 4 is 29.7 Å². The number of aliphatic hydroxyl groups is 1. The number of hydrogen-bond donors (Lipinski definition) is 3. The molecule has 3 N–H and O–H groups in total. The maximum atomic E-state index is 13.9. The van der Waals surface area contributed by atoms with Crippen molar-refractivity contribution in [1.29, 1.82) is 0 Å². The van der Waals surface area contributed by atoms with Crippen LogP contribution in [0, 0.1) is 5.92 Å². The average molecular weight is 614 g/mol. The Morgan fingerprint density at radius 3 is 2.65 bits per heavy atom. The Morgan fingerprint density at radius 2 is 1.88 bits per heavy atom. The highest BCUT2D eigenvalue weighted by molar-refractivity contribution is 8.00. The summed E-state index contributed by atoms with van der Waals surface area (Å²) in [6.07, 6.45) is -2.48. The molecule has 0 unspecified atom stereocenters. The highest BCUT2D eigenvalue weighted by Crippen LogP contribution is 2.40. The highest BCUT2D eigenvalue weighted by atomic mass is 32.2. The molecule has 2 aromatic carbocycles. The number of carbonyl (C=O) groups is 3. The van der Waals surface area contributed by atoms with Crippen molar-refractivity contribution < 1.29 is 38.4 Å². The first-order chi connectivity index (χ1) is 20.7. The van der Waals surface area contributed by atoms with E-state index >= 15 is 0 Å². The molecule has 0 bridgehead atoms. The molecule has 43 heavy (non-hydrogen) atoms. The fourth-order valence-corrected chi connectivity index (χ4v) is 6.94. The fraction of sp³-hybridized carbons (Fsp3) is 0.516. The Hall–Kier alpha value is -3.32. The van der Waals surface area contributed by atoms with E-state index in [1.807, 2.05) is 50.2 Å². The minimum absolute atomic E-state index is 0.0619. The van der Waals surface area contributed by atoms with Gasteiger partial charge in [0.05, 0.1) is 38.2 Å². The first kappa shape index (κ1) is 31.1. The SMILES string of the molecule is COc1cccc(C[C@H](NC(=O)O[C@H]2CO[C@H]3OCC[C@H]32)[C@H](O)C(=O)N2CSC(C)(C)[C@H]2C(=O)NCc2ccccc2)c1. The van der Waals surface area contributed by atoms with Crippen LogP contribution in [0.1, 0.15) is 31.4 Å². The van der Waals surface area contributed by atoms with E-state index in [2.05, 4.69) is 10.6 Å². The van der Waals surface area contributed by atoms with Crippen LogP contribution < -0.4 is 15.4 Å². The van der Waals surface area contributed by atoms with Crippen LogP contribution in [0.5, 0.6) is 5.75 Å². The van der Waals surface area contributed by atoms with E-state index in [1.54, 1.807) is 25.3 Å². The lowest BCUT2D eigenvalue weighted by Gasteiger charge is -2.33. The second-order valence-electron chi connectivity index (χ2n) is 11.5. The number of methoxy groups -OCH3 is 1. The van der Waals surface area contributed by atoms with E-state index in [9.17, 15) is 19.5 Å². The molecule has 6 atom stereocenters. The largest absolute Gasteiger partial charge is 0.497 e. The van der Waals surface area contributed by atoms with Gasteiger partial charge in [-0.25, -0.2) is 4.79 Å². The quantitative estimate of drug-likeness (QED) is 0.369. The number of carbonyl (C=O) groups excluding carboxylic acids is 3. The zero-order chi connectivity index (χ0) is 30.6. The summed E-state index contributed by atoms with van der Waals surface area (Å²) < 4.78 is 21.5. The van der Waals surface area contributed by atoms with E-state index in [4.69, 9.17) is 18.9 Å². The van der Waals surface area contributed by atoms with Crippen LogP contribution in [0.15, 0.2) is 54.6 Å². The molecule has 2 aromatic rings. The molecule has 3 saturated heterocycles. The molecule has 3 fully saturated rings. The molecule has 3 aliphatic rings. The first-order valence-corrected chi connectivity index (χ1v) is 15.4. The van der Waals surface area contributed by atoms with Crippen LogP contribution in [0.4, 0.5) is 4.79 Å². The number of nitrogens with zero attached hydrogens (tertiary/aromatic N) is 1. The lowest BCUT2D eigenvalue weighted by molar-refractivity contribution is -0.147. The molecule has 3 heterocycles. The van der Waals surface area contributed by atoms with Crippen molar-refractivity contribution in [2.45, 2.75) is 68.6 Å². The van der Waals surface area contributed by atoms with E-state index in [0.717, 1.165) is 11.1 Å². The smallest absolute Gasteiger partial charge is 0.407 e. The summed E-state index contributed by atoms with van der Waals surface area (Å²) in [7, 11) is 1.55. The van der Waals surface area contributed by atoms with Crippen molar-refractivity contribution in [3.05, 3.63) is 65.7 Å². The molecule has 0 aromatic heterocycles. The molecule has 232 valence electrons. The van der Waals surface area contributed by atoms with Gasteiger partial charge in [-0.05, 0) is 49.9 Å². The monoisotopic (exact) mass is 613 g/mol. The molecule has 5 rings (SSSR count). The molecule has 3 amide bonds. The van der Waals surface area contributed by atoms with Crippen molar-refractivity contribution in [1.82, 2.24) is 15.5 Å². The van der Waals surface area contributed by atoms with Gasteiger partial charge in [0.25, 0.3) is 5.91 Å². The average Bonchev–Trinajstić information content (AvgIpc) is 3.71. The fourth-order valence-electron chi connectivity index (χ4n) is 5.80. The molecule has 0 spiro atoms. The number of alkyl carbamates (subject to hydrolysis) is 1. The van der Waals surface area contributed by atoms with Gasteiger partial charge in [0.2, 0.25) is 5.91 Å². The van der Waals surface area contributed by atoms with Gasteiger partial charge in [-0.3, -0.25) is 9.59 Å². The van der Waals surface area contributed by atoms with Crippen LogP contribution in [0.2, 0.25) is 0 Å². The van der Waals surface area contributed by atoms with Gasteiger partial charge >= 0.3 is 6.09 Å². The standard InChI is InChI=1S/C31H39N3O8S/c1-31(2)26(27(36)32-16-19-8-5-4-6-9-19)34(18-43-31)28(37)25(35)23(15-20-10-7-11-21(14-20)39-3)33-30(38)42-24-17-41-29-22(24)12-13-40-29/h4-11,14,22-26,29,35H,12-13,15-18H2,1-3H3,(H,32,36)(H,33,38)/t22-,23-,24-,25-,26+,29+/m0/s1. The van der Waals surface area contributed by atoms with Crippen molar-refractivity contribution in [2.75, 3.05) is 26.2 Å². The summed E-state index contributed by atoms with van der Waals surface area (Å²) in [5.41, 5.74) is 1.67. The zero-order valence-corrected chi connectivity index (χ0v) is 25.4. The summed E-state index contributed by atoms with van der Waals surface area (Å²) in [4.78, 5) is 41.8. The number of ether oxygens (including phenoxy) is 4. The molecule has 12 heteroatoms. The van der Waals surface area contributed by atoms with Gasteiger partial charge in [0.15, 0.2) is 12.4 Å².